The lowest BCUT2D eigenvalue weighted by molar-refractivity contribution is -0.0325. The van der Waals surface area contributed by atoms with Crippen LogP contribution in [0.15, 0.2) is 24.3 Å². The molecule has 1 amide bonds. The third-order valence-electron chi connectivity index (χ3n) is 5.58. The average Bonchev–Trinajstić information content (AvgIpc) is 2.64. The number of rotatable bonds is 5. The van der Waals surface area contributed by atoms with Crippen LogP contribution in [0.3, 0.4) is 0 Å². The second-order valence-corrected chi connectivity index (χ2v) is 9.96. The molecule has 0 aliphatic carbocycles. The van der Waals surface area contributed by atoms with Gasteiger partial charge in [-0.1, -0.05) is 58.9 Å². The van der Waals surface area contributed by atoms with Crippen LogP contribution in [0.4, 0.5) is 0 Å². The standard InChI is InChI=1S/C20H27Cl3N2O2/c1-14-7-9-15(10-8-14)18(26)24-19(20(21,22)23)27-13-16-5-4-12-25-11-3-2-6-17(16)25/h7-10,16-17,19H,2-6,11-13H2,1H3,(H,24,26)/t16-,17-,19+/m0/s1. The van der Waals surface area contributed by atoms with Gasteiger partial charge in [0.25, 0.3) is 5.91 Å². The van der Waals surface area contributed by atoms with Crippen molar-refractivity contribution in [2.45, 2.75) is 55.1 Å². The van der Waals surface area contributed by atoms with Crippen molar-refractivity contribution in [3.63, 3.8) is 0 Å². The molecule has 2 aliphatic rings. The van der Waals surface area contributed by atoms with Gasteiger partial charge in [-0.05, 0) is 63.7 Å². The minimum absolute atomic E-state index is 0.311. The van der Waals surface area contributed by atoms with Crippen molar-refractivity contribution in [3.8, 4) is 0 Å². The predicted octanol–water partition coefficient (Wildman–Crippen LogP) is 4.70. The lowest BCUT2D eigenvalue weighted by Crippen LogP contribution is -2.51. The Morgan fingerprint density at radius 2 is 1.89 bits per heavy atom. The molecule has 0 spiro atoms. The first-order chi connectivity index (χ1) is 12.8. The third kappa shape index (κ3) is 5.74. The van der Waals surface area contributed by atoms with E-state index in [-0.39, 0.29) is 5.91 Å². The van der Waals surface area contributed by atoms with Gasteiger partial charge in [-0.3, -0.25) is 4.79 Å². The van der Waals surface area contributed by atoms with Crippen LogP contribution in [0, 0.1) is 12.8 Å². The maximum absolute atomic E-state index is 12.5. The van der Waals surface area contributed by atoms with Crippen LogP contribution in [0.1, 0.15) is 48.0 Å². The Balaban J connectivity index is 1.61. The fourth-order valence-electron chi connectivity index (χ4n) is 4.12. The minimum atomic E-state index is -1.73. The van der Waals surface area contributed by atoms with Crippen molar-refractivity contribution < 1.29 is 9.53 Å². The number of alkyl halides is 3. The van der Waals surface area contributed by atoms with E-state index in [2.05, 4.69) is 10.2 Å². The van der Waals surface area contributed by atoms with Crippen molar-refractivity contribution in [2.75, 3.05) is 19.7 Å². The molecule has 2 saturated heterocycles. The first-order valence-electron chi connectivity index (χ1n) is 9.64. The van der Waals surface area contributed by atoms with E-state index in [1.807, 2.05) is 19.1 Å². The molecule has 3 rings (SSSR count). The minimum Gasteiger partial charge on any atom is -0.354 e. The second kappa shape index (κ2) is 9.32. The van der Waals surface area contributed by atoms with E-state index in [0.717, 1.165) is 12.0 Å². The molecule has 0 aromatic heterocycles. The van der Waals surface area contributed by atoms with E-state index in [1.54, 1.807) is 12.1 Å². The average molecular weight is 434 g/mol. The van der Waals surface area contributed by atoms with Gasteiger partial charge >= 0.3 is 0 Å². The summed E-state index contributed by atoms with van der Waals surface area (Å²) in [5, 5.41) is 2.73. The summed E-state index contributed by atoms with van der Waals surface area (Å²) in [6, 6.07) is 7.79. The van der Waals surface area contributed by atoms with Crippen molar-refractivity contribution in [1.82, 2.24) is 10.2 Å². The van der Waals surface area contributed by atoms with Gasteiger partial charge in [0, 0.05) is 11.6 Å². The fourth-order valence-corrected chi connectivity index (χ4v) is 4.47. The molecule has 27 heavy (non-hydrogen) atoms. The Kier molecular flexibility index (Phi) is 7.32. The van der Waals surface area contributed by atoms with E-state index >= 15 is 0 Å². The topological polar surface area (TPSA) is 41.6 Å². The zero-order chi connectivity index (χ0) is 19.4. The molecule has 0 saturated carbocycles. The summed E-state index contributed by atoms with van der Waals surface area (Å²) in [7, 11) is 0. The molecule has 0 radical (unpaired) electrons. The fraction of sp³-hybridized carbons (Fsp3) is 0.650. The van der Waals surface area contributed by atoms with Crippen molar-refractivity contribution in [1.29, 1.82) is 0 Å². The van der Waals surface area contributed by atoms with E-state index in [1.165, 1.54) is 38.8 Å². The molecule has 150 valence electrons. The number of carbonyl (C=O) groups excluding carboxylic acids is 1. The molecule has 4 nitrogen and oxygen atoms in total. The zero-order valence-corrected chi connectivity index (χ0v) is 17.9. The first-order valence-corrected chi connectivity index (χ1v) is 10.8. The number of halogens is 3. The highest BCUT2D eigenvalue weighted by Gasteiger charge is 2.38. The highest BCUT2D eigenvalue weighted by molar-refractivity contribution is 6.68. The van der Waals surface area contributed by atoms with Gasteiger partial charge in [-0.15, -0.1) is 0 Å². The Labute approximate surface area is 176 Å². The molecular weight excluding hydrogens is 407 g/mol. The van der Waals surface area contributed by atoms with Crippen molar-refractivity contribution in [3.05, 3.63) is 35.4 Å². The number of carbonyl (C=O) groups is 1. The molecule has 1 N–H and O–H groups in total. The van der Waals surface area contributed by atoms with Crippen LogP contribution in [0.2, 0.25) is 0 Å². The molecule has 1 aromatic carbocycles. The normalized spacial score (nSPS) is 24.9. The summed E-state index contributed by atoms with van der Waals surface area (Å²) in [4.78, 5) is 15.1. The number of piperidine rings is 2. The lowest BCUT2D eigenvalue weighted by Gasteiger charge is -2.44. The zero-order valence-electron chi connectivity index (χ0n) is 15.6. The number of aryl methyl sites for hydroxylation is 1. The van der Waals surface area contributed by atoms with Crippen LogP contribution < -0.4 is 5.32 Å². The number of benzene rings is 1. The molecule has 1 aromatic rings. The molecule has 2 heterocycles. The number of hydrogen-bond acceptors (Lipinski definition) is 3. The summed E-state index contributed by atoms with van der Waals surface area (Å²) >= 11 is 18.3. The molecule has 2 aliphatic heterocycles. The van der Waals surface area contributed by atoms with Crippen LogP contribution in [-0.2, 0) is 4.74 Å². The van der Waals surface area contributed by atoms with Crippen LogP contribution in [0.5, 0.6) is 0 Å². The summed E-state index contributed by atoms with van der Waals surface area (Å²) in [5.74, 6) is 0.0967. The van der Waals surface area contributed by atoms with Crippen LogP contribution >= 0.6 is 34.8 Å². The Morgan fingerprint density at radius 1 is 1.19 bits per heavy atom. The molecule has 2 fully saturated rings. The van der Waals surface area contributed by atoms with Crippen molar-refractivity contribution >= 4 is 40.7 Å². The van der Waals surface area contributed by atoms with Gasteiger partial charge in [-0.2, -0.15) is 0 Å². The highest BCUT2D eigenvalue weighted by Crippen LogP contribution is 2.34. The quantitative estimate of drug-likeness (QED) is 0.540. The summed E-state index contributed by atoms with van der Waals surface area (Å²) in [6.45, 7) is 4.78. The monoisotopic (exact) mass is 432 g/mol. The summed E-state index contributed by atoms with van der Waals surface area (Å²) in [5.41, 5.74) is 1.59. The molecular formula is C20H27Cl3N2O2. The number of hydrogen-bond donors (Lipinski definition) is 1. The molecule has 0 bridgehead atoms. The second-order valence-electron chi connectivity index (χ2n) is 7.60. The highest BCUT2D eigenvalue weighted by atomic mass is 35.6. The summed E-state index contributed by atoms with van der Waals surface area (Å²) in [6.07, 6.45) is 5.01. The first kappa shape index (κ1) is 21.2. The molecule has 3 atom stereocenters. The van der Waals surface area contributed by atoms with E-state index in [0.29, 0.717) is 24.1 Å². The lowest BCUT2D eigenvalue weighted by atomic mass is 9.84. The summed E-state index contributed by atoms with van der Waals surface area (Å²) < 4.78 is 4.22. The Bertz CT molecular complexity index is 631. The van der Waals surface area contributed by atoms with Crippen molar-refractivity contribution in [2.24, 2.45) is 5.92 Å². The molecule has 0 unspecified atom stereocenters. The van der Waals surface area contributed by atoms with Gasteiger partial charge in [0.05, 0.1) is 6.61 Å². The number of nitrogens with zero attached hydrogens (tertiary/aromatic N) is 1. The van der Waals surface area contributed by atoms with E-state index < -0.39 is 10.0 Å². The van der Waals surface area contributed by atoms with Gasteiger partial charge in [0.1, 0.15) is 0 Å². The van der Waals surface area contributed by atoms with Crippen LogP contribution in [0.25, 0.3) is 0 Å². The van der Waals surface area contributed by atoms with E-state index in [4.69, 9.17) is 39.5 Å². The smallest absolute Gasteiger partial charge is 0.253 e. The molecule has 7 heteroatoms. The maximum Gasteiger partial charge on any atom is 0.253 e. The Hall–Kier alpha value is -0.520. The number of fused-ring (bicyclic) bond motifs is 1. The van der Waals surface area contributed by atoms with Gasteiger partial charge in [-0.25, -0.2) is 0 Å². The Morgan fingerprint density at radius 3 is 2.59 bits per heavy atom. The number of nitrogens with one attached hydrogen (secondary N) is 1. The van der Waals surface area contributed by atoms with Gasteiger partial charge in [0.15, 0.2) is 6.23 Å². The van der Waals surface area contributed by atoms with Gasteiger partial charge < -0.3 is 15.0 Å². The SMILES string of the molecule is Cc1ccc(C(=O)N[C@H](OC[C@@H]2CCCN3CCCC[C@@H]23)C(Cl)(Cl)Cl)cc1. The van der Waals surface area contributed by atoms with Gasteiger partial charge in [0.2, 0.25) is 3.79 Å². The van der Waals surface area contributed by atoms with E-state index in [9.17, 15) is 4.79 Å². The largest absolute Gasteiger partial charge is 0.354 e. The maximum atomic E-state index is 12.5. The predicted molar refractivity (Wildman–Crippen MR) is 111 cm³/mol. The number of ether oxygens (including phenoxy) is 1. The van der Waals surface area contributed by atoms with Crippen LogP contribution in [-0.4, -0.2) is 46.6 Å². The third-order valence-corrected chi connectivity index (χ3v) is 6.17. The number of amides is 1.